The standard InChI is InChI=1S/C22H22ClNO5/c23-12-7-8-16(25)13(11-12)20-21-14(3-1-5-17(21)26)24(10-9-19(28)29)15-4-2-6-18(27)22(15)20/h7-8,11,20,25H,1-6,9-10H2,(H,28,29). The van der Waals surface area contributed by atoms with Gasteiger partial charge in [0, 0.05) is 58.4 Å². The molecular weight excluding hydrogens is 394 g/mol. The number of nitrogens with zero attached hydrogens (tertiary/aromatic N) is 1. The summed E-state index contributed by atoms with van der Waals surface area (Å²) in [5, 5.41) is 20.2. The molecule has 0 saturated heterocycles. The molecule has 0 bridgehead atoms. The van der Waals surface area contributed by atoms with Crippen molar-refractivity contribution in [2.75, 3.05) is 6.54 Å². The number of Topliss-reactive ketones (excluding diaryl/α,β-unsaturated/α-hetero) is 2. The molecule has 3 aliphatic rings. The quantitative estimate of drug-likeness (QED) is 0.773. The molecule has 152 valence electrons. The SMILES string of the molecule is O=C(O)CCN1C2=C(C(=O)CCC2)C(c2cc(Cl)ccc2O)C2=C1CCCC2=O. The number of halogens is 1. The minimum Gasteiger partial charge on any atom is -0.508 e. The number of phenolic OH excluding ortho intramolecular Hbond substituents is 1. The van der Waals surface area contributed by atoms with Crippen molar-refractivity contribution in [3.63, 3.8) is 0 Å². The molecule has 0 aromatic heterocycles. The van der Waals surface area contributed by atoms with Crippen molar-refractivity contribution >= 4 is 29.1 Å². The van der Waals surface area contributed by atoms with Crippen molar-refractivity contribution in [3.8, 4) is 5.75 Å². The summed E-state index contributed by atoms with van der Waals surface area (Å²) in [6, 6.07) is 4.67. The number of hydrogen-bond acceptors (Lipinski definition) is 5. The molecule has 7 heteroatoms. The second kappa shape index (κ2) is 7.67. The molecule has 1 aliphatic heterocycles. The van der Waals surface area contributed by atoms with Crippen LogP contribution < -0.4 is 0 Å². The second-order valence-electron chi connectivity index (χ2n) is 7.71. The lowest BCUT2D eigenvalue weighted by molar-refractivity contribution is -0.137. The highest BCUT2D eigenvalue weighted by Crippen LogP contribution is 2.50. The maximum atomic E-state index is 13.0. The zero-order valence-corrected chi connectivity index (χ0v) is 16.7. The van der Waals surface area contributed by atoms with Crippen molar-refractivity contribution < 1.29 is 24.6 Å². The van der Waals surface area contributed by atoms with E-state index in [9.17, 15) is 24.6 Å². The van der Waals surface area contributed by atoms with E-state index < -0.39 is 11.9 Å². The smallest absolute Gasteiger partial charge is 0.305 e. The number of benzene rings is 1. The summed E-state index contributed by atoms with van der Waals surface area (Å²) >= 11 is 6.18. The van der Waals surface area contributed by atoms with Gasteiger partial charge in [0.1, 0.15) is 5.75 Å². The Hall–Kier alpha value is -2.60. The maximum Gasteiger partial charge on any atom is 0.305 e. The highest BCUT2D eigenvalue weighted by atomic mass is 35.5. The van der Waals surface area contributed by atoms with Gasteiger partial charge >= 0.3 is 5.97 Å². The summed E-state index contributed by atoms with van der Waals surface area (Å²) in [4.78, 5) is 39.2. The summed E-state index contributed by atoms with van der Waals surface area (Å²) < 4.78 is 0. The highest BCUT2D eigenvalue weighted by Gasteiger charge is 2.44. The van der Waals surface area contributed by atoms with Gasteiger partial charge in [-0.25, -0.2) is 0 Å². The van der Waals surface area contributed by atoms with Gasteiger partial charge in [-0.15, -0.1) is 0 Å². The largest absolute Gasteiger partial charge is 0.508 e. The van der Waals surface area contributed by atoms with E-state index in [-0.39, 0.29) is 30.3 Å². The molecule has 2 aliphatic carbocycles. The average Bonchev–Trinajstić information content (AvgIpc) is 2.68. The van der Waals surface area contributed by atoms with Crippen LogP contribution in [0.25, 0.3) is 0 Å². The molecule has 2 N–H and O–H groups in total. The zero-order valence-electron chi connectivity index (χ0n) is 15.9. The van der Waals surface area contributed by atoms with E-state index >= 15 is 0 Å². The Labute approximate surface area is 173 Å². The summed E-state index contributed by atoms with van der Waals surface area (Å²) in [6.45, 7) is 0.224. The maximum absolute atomic E-state index is 13.0. The predicted molar refractivity (Wildman–Crippen MR) is 107 cm³/mol. The predicted octanol–water partition coefficient (Wildman–Crippen LogP) is 3.93. The van der Waals surface area contributed by atoms with Gasteiger partial charge in [0.25, 0.3) is 0 Å². The monoisotopic (exact) mass is 415 g/mol. The minimum atomic E-state index is -0.923. The lowest BCUT2D eigenvalue weighted by atomic mass is 9.70. The molecule has 0 fully saturated rings. The van der Waals surface area contributed by atoms with Crippen LogP contribution in [0.2, 0.25) is 5.02 Å². The number of ketones is 2. The first kappa shape index (κ1) is 19.7. The normalized spacial score (nSPS) is 20.1. The summed E-state index contributed by atoms with van der Waals surface area (Å²) in [5.41, 5.74) is 3.06. The van der Waals surface area contributed by atoms with E-state index in [1.165, 1.54) is 6.07 Å². The van der Waals surface area contributed by atoms with E-state index in [0.29, 0.717) is 60.3 Å². The van der Waals surface area contributed by atoms with Crippen molar-refractivity contribution in [1.29, 1.82) is 0 Å². The number of carboxylic acids is 1. The Bertz CT molecular complexity index is 933. The first-order valence-electron chi connectivity index (χ1n) is 9.88. The van der Waals surface area contributed by atoms with Crippen LogP contribution in [0.3, 0.4) is 0 Å². The zero-order chi connectivity index (χ0) is 20.7. The number of aliphatic carboxylic acids is 1. The third-order valence-corrected chi connectivity index (χ3v) is 6.17. The van der Waals surface area contributed by atoms with E-state index in [2.05, 4.69) is 0 Å². The van der Waals surface area contributed by atoms with Crippen LogP contribution in [0.15, 0.2) is 40.7 Å². The number of carboxylic acid groups (broad SMARTS) is 1. The molecule has 0 amide bonds. The Balaban J connectivity index is 1.95. The summed E-state index contributed by atoms with van der Waals surface area (Å²) in [7, 11) is 0. The fourth-order valence-electron chi connectivity index (χ4n) is 4.76. The van der Waals surface area contributed by atoms with Crippen molar-refractivity contribution in [2.45, 2.75) is 50.9 Å². The second-order valence-corrected chi connectivity index (χ2v) is 8.14. The number of carbonyl (C=O) groups excluding carboxylic acids is 2. The number of phenols is 1. The summed E-state index contributed by atoms with van der Waals surface area (Å²) in [5.74, 6) is -1.69. The van der Waals surface area contributed by atoms with E-state index in [4.69, 9.17) is 11.6 Å². The third kappa shape index (κ3) is 3.46. The Morgan fingerprint density at radius 1 is 1.03 bits per heavy atom. The van der Waals surface area contributed by atoms with Gasteiger partial charge in [0.05, 0.1) is 6.42 Å². The number of allylic oxidation sites excluding steroid dienone is 4. The lowest BCUT2D eigenvalue weighted by Crippen LogP contribution is -2.39. The number of carbonyl (C=O) groups is 3. The van der Waals surface area contributed by atoms with Gasteiger partial charge in [0.2, 0.25) is 0 Å². The molecule has 0 radical (unpaired) electrons. The van der Waals surface area contributed by atoms with Gasteiger partial charge in [-0.3, -0.25) is 14.4 Å². The van der Waals surface area contributed by atoms with E-state index in [0.717, 1.165) is 11.4 Å². The molecule has 0 spiro atoms. The highest BCUT2D eigenvalue weighted by molar-refractivity contribution is 6.30. The average molecular weight is 416 g/mol. The van der Waals surface area contributed by atoms with Crippen LogP contribution >= 0.6 is 11.6 Å². The van der Waals surface area contributed by atoms with Crippen LogP contribution in [0.1, 0.15) is 56.4 Å². The van der Waals surface area contributed by atoms with Gasteiger partial charge in [-0.1, -0.05) is 11.6 Å². The topological polar surface area (TPSA) is 94.9 Å². The van der Waals surface area contributed by atoms with Gasteiger partial charge in [-0.05, 0) is 43.9 Å². The van der Waals surface area contributed by atoms with Crippen LogP contribution in [-0.4, -0.2) is 39.2 Å². The first-order valence-corrected chi connectivity index (χ1v) is 10.3. The van der Waals surface area contributed by atoms with Crippen molar-refractivity contribution in [2.24, 2.45) is 0 Å². The molecule has 0 unspecified atom stereocenters. The van der Waals surface area contributed by atoms with Crippen molar-refractivity contribution in [3.05, 3.63) is 51.3 Å². The van der Waals surface area contributed by atoms with Crippen LogP contribution in [0, 0.1) is 0 Å². The molecule has 6 nitrogen and oxygen atoms in total. The van der Waals surface area contributed by atoms with Crippen LogP contribution in [-0.2, 0) is 14.4 Å². The molecule has 29 heavy (non-hydrogen) atoms. The third-order valence-electron chi connectivity index (χ3n) is 5.94. The molecule has 0 saturated carbocycles. The molecule has 0 atom stereocenters. The van der Waals surface area contributed by atoms with E-state index in [1.54, 1.807) is 12.1 Å². The fraction of sp³-hybridized carbons (Fsp3) is 0.409. The molecular formula is C22H22ClNO5. The Morgan fingerprint density at radius 2 is 1.62 bits per heavy atom. The van der Waals surface area contributed by atoms with Crippen LogP contribution in [0.4, 0.5) is 0 Å². The molecule has 4 rings (SSSR count). The molecule has 1 aromatic carbocycles. The van der Waals surface area contributed by atoms with E-state index in [1.807, 2.05) is 4.90 Å². The Kier molecular flexibility index (Phi) is 5.21. The van der Waals surface area contributed by atoms with Crippen LogP contribution in [0.5, 0.6) is 5.75 Å². The van der Waals surface area contributed by atoms with Gasteiger partial charge in [-0.2, -0.15) is 0 Å². The fourth-order valence-corrected chi connectivity index (χ4v) is 4.94. The molecule has 1 aromatic rings. The number of hydrogen-bond donors (Lipinski definition) is 2. The summed E-state index contributed by atoms with van der Waals surface area (Å²) in [6.07, 6.45) is 3.33. The number of aromatic hydroxyl groups is 1. The van der Waals surface area contributed by atoms with Crippen molar-refractivity contribution in [1.82, 2.24) is 4.90 Å². The molecule has 1 heterocycles. The van der Waals surface area contributed by atoms with Gasteiger partial charge < -0.3 is 15.1 Å². The number of rotatable bonds is 4. The first-order chi connectivity index (χ1) is 13.9. The minimum absolute atomic E-state index is 0.00571. The Morgan fingerprint density at radius 3 is 2.17 bits per heavy atom. The lowest BCUT2D eigenvalue weighted by Gasteiger charge is -2.44. The van der Waals surface area contributed by atoms with Gasteiger partial charge in [0.15, 0.2) is 11.6 Å².